The van der Waals surface area contributed by atoms with Crippen molar-refractivity contribution in [1.29, 1.82) is 0 Å². The highest BCUT2D eigenvalue weighted by atomic mass is 32.2. The van der Waals surface area contributed by atoms with E-state index in [1.54, 1.807) is 0 Å². The maximum atomic E-state index is 6.22. The summed E-state index contributed by atoms with van der Waals surface area (Å²) in [5.41, 5.74) is 1.27. The van der Waals surface area contributed by atoms with Crippen molar-refractivity contribution in [3.63, 3.8) is 0 Å². The van der Waals surface area contributed by atoms with E-state index in [2.05, 4.69) is 53.7 Å². The highest BCUT2D eigenvalue weighted by Crippen LogP contribution is 2.29. The van der Waals surface area contributed by atoms with E-state index >= 15 is 0 Å². The van der Waals surface area contributed by atoms with Gasteiger partial charge in [-0.3, -0.25) is 0 Å². The van der Waals surface area contributed by atoms with Crippen molar-refractivity contribution in [1.82, 2.24) is 4.98 Å². The summed E-state index contributed by atoms with van der Waals surface area (Å²) in [4.78, 5) is 15.5. The average Bonchev–Trinajstić information content (AvgIpc) is 3.45. The first-order valence-electron chi connectivity index (χ1n) is 11.7. The molecule has 0 fully saturated rings. The number of pyridine rings is 1. The van der Waals surface area contributed by atoms with Crippen molar-refractivity contribution in [2.45, 2.75) is 63.8 Å². The van der Waals surface area contributed by atoms with E-state index in [9.17, 15) is 0 Å². The lowest BCUT2D eigenvalue weighted by atomic mass is 10.1. The van der Waals surface area contributed by atoms with Crippen LogP contribution in [0.5, 0.6) is 11.5 Å². The van der Waals surface area contributed by atoms with Gasteiger partial charge in [0.1, 0.15) is 36.1 Å². The van der Waals surface area contributed by atoms with E-state index in [0.717, 1.165) is 5.75 Å². The molecule has 0 bridgehead atoms. The van der Waals surface area contributed by atoms with Gasteiger partial charge in [-0.15, -0.1) is 11.8 Å². The lowest BCUT2D eigenvalue weighted by Gasteiger charge is -2.11. The van der Waals surface area contributed by atoms with E-state index in [1.165, 1.54) is 4.90 Å². The quantitative estimate of drug-likeness (QED) is 0.447. The number of aromatic nitrogens is 1. The van der Waals surface area contributed by atoms with E-state index in [0.29, 0.717) is 59.2 Å². The van der Waals surface area contributed by atoms with E-state index in [-0.39, 0.29) is 12.1 Å². The van der Waals surface area contributed by atoms with Gasteiger partial charge in [0, 0.05) is 22.3 Å². The van der Waals surface area contributed by atoms with Crippen molar-refractivity contribution in [2.24, 2.45) is 21.8 Å². The van der Waals surface area contributed by atoms with Gasteiger partial charge in [-0.2, -0.15) is 0 Å². The molecule has 4 rings (SSSR count). The molecule has 2 unspecified atom stereocenters. The summed E-state index contributed by atoms with van der Waals surface area (Å²) >= 11 is 1.83. The molecule has 7 heteroatoms. The lowest BCUT2D eigenvalue weighted by Crippen LogP contribution is -2.13. The summed E-state index contributed by atoms with van der Waals surface area (Å²) < 4.78 is 18.0. The molecule has 2 aliphatic rings. The minimum Gasteiger partial charge on any atom is -0.474 e. The highest BCUT2D eigenvalue weighted by Gasteiger charge is 2.27. The number of rotatable bonds is 8. The Bertz CT molecular complexity index is 979. The molecule has 3 heterocycles. The zero-order chi connectivity index (χ0) is 23.5. The molecule has 2 atom stereocenters. The molecule has 0 aliphatic carbocycles. The van der Waals surface area contributed by atoms with Gasteiger partial charge in [0.25, 0.3) is 0 Å². The van der Waals surface area contributed by atoms with Crippen LogP contribution in [0.3, 0.4) is 0 Å². The second-order valence-electron chi connectivity index (χ2n) is 9.43. The number of nitrogens with zero attached hydrogens (tertiary/aromatic N) is 3. The van der Waals surface area contributed by atoms with Gasteiger partial charge in [0.05, 0.1) is 12.1 Å². The van der Waals surface area contributed by atoms with Gasteiger partial charge in [-0.25, -0.2) is 15.0 Å². The summed E-state index contributed by atoms with van der Waals surface area (Å²) in [5, 5.41) is 0.533. The average molecular weight is 468 g/mol. The molecule has 0 amide bonds. The standard InChI is InChI=1S/C26H33N3O3S/c1-15(2)23-13-30-25(28-23)21-11-19(32-18-7-9-20(10-8-18)33-17(5)6)12-22(27-21)26-29-24(14-31-26)16(3)4/h7-12,15-17,23-24H,13-14H2,1-6H3. The molecule has 1 aromatic carbocycles. The fraction of sp³-hybridized carbons (Fsp3) is 0.500. The molecule has 1 aromatic heterocycles. The first-order chi connectivity index (χ1) is 15.8. The molecule has 0 saturated carbocycles. The van der Waals surface area contributed by atoms with Crippen LogP contribution in [0.4, 0.5) is 0 Å². The van der Waals surface area contributed by atoms with Crippen LogP contribution in [-0.4, -0.2) is 47.3 Å². The van der Waals surface area contributed by atoms with Crippen LogP contribution < -0.4 is 4.74 Å². The highest BCUT2D eigenvalue weighted by molar-refractivity contribution is 7.99. The van der Waals surface area contributed by atoms with Gasteiger partial charge < -0.3 is 14.2 Å². The monoisotopic (exact) mass is 467 g/mol. The van der Waals surface area contributed by atoms with Crippen molar-refractivity contribution < 1.29 is 14.2 Å². The Morgan fingerprint density at radius 3 is 1.73 bits per heavy atom. The van der Waals surface area contributed by atoms with Crippen LogP contribution >= 0.6 is 11.8 Å². The molecule has 0 saturated heterocycles. The van der Waals surface area contributed by atoms with Crippen LogP contribution in [0, 0.1) is 11.8 Å². The lowest BCUT2D eigenvalue weighted by molar-refractivity contribution is 0.290. The van der Waals surface area contributed by atoms with Gasteiger partial charge >= 0.3 is 0 Å². The molecular weight excluding hydrogens is 434 g/mol. The number of ether oxygens (including phenoxy) is 3. The summed E-state index contributed by atoms with van der Waals surface area (Å²) in [7, 11) is 0. The molecular formula is C26H33N3O3S. The summed E-state index contributed by atoms with van der Waals surface area (Å²) in [5.74, 6) is 3.30. The molecule has 0 spiro atoms. The Morgan fingerprint density at radius 2 is 1.30 bits per heavy atom. The first-order valence-corrected chi connectivity index (χ1v) is 12.5. The van der Waals surface area contributed by atoms with Crippen LogP contribution in [-0.2, 0) is 9.47 Å². The van der Waals surface area contributed by atoms with Crippen molar-refractivity contribution in [2.75, 3.05) is 13.2 Å². The normalized spacial score (nSPS) is 20.2. The Balaban J connectivity index is 1.65. The van der Waals surface area contributed by atoms with E-state index in [1.807, 2.05) is 36.0 Å². The van der Waals surface area contributed by atoms with Crippen LogP contribution in [0.2, 0.25) is 0 Å². The number of hydrogen-bond acceptors (Lipinski definition) is 7. The van der Waals surface area contributed by atoms with Gasteiger partial charge in [-0.1, -0.05) is 41.5 Å². The van der Waals surface area contributed by atoms with Crippen LogP contribution in [0.1, 0.15) is 52.9 Å². The second-order valence-corrected chi connectivity index (χ2v) is 11.1. The van der Waals surface area contributed by atoms with Crippen molar-refractivity contribution in [3.05, 3.63) is 47.8 Å². The van der Waals surface area contributed by atoms with Gasteiger partial charge in [0.2, 0.25) is 11.8 Å². The first kappa shape index (κ1) is 23.6. The number of thioether (sulfide) groups is 1. The fourth-order valence-corrected chi connectivity index (χ4v) is 4.36. The molecule has 0 N–H and O–H groups in total. The molecule has 176 valence electrons. The molecule has 2 aliphatic heterocycles. The predicted molar refractivity (Wildman–Crippen MR) is 134 cm³/mol. The molecule has 0 radical (unpaired) electrons. The van der Waals surface area contributed by atoms with Crippen molar-refractivity contribution >= 4 is 23.6 Å². The molecule has 33 heavy (non-hydrogen) atoms. The number of aliphatic imine (C=N–C) groups is 2. The van der Waals surface area contributed by atoms with Crippen LogP contribution in [0.15, 0.2) is 51.3 Å². The zero-order valence-electron chi connectivity index (χ0n) is 20.2. The minimum atomic E-state index is 0.131. The summed E-state index contributed by atoms with van der Waals surface area (Å²) in [6, 6.07) is 12.1. The fourth-order valence-electron chi connectivity index (χ4n) is 3.52. The summed E-state index contributed by atoms with van der Waals surface area (Å²) in [6.45, 7) is 14.1. The third-order valence-corrected chi connectivity index (χ3v) is 6.57. The van der Waals surface area contributed by atoms with E-state index in [4.69, 9.17) is 29.2 Å². The Hall–Kier alpha value is -2.54. The Labute approximate surface area is 200 Å². The SMILES string of the molecule is CC(C)Sc1ccc(Oc2cc(C3=NC(C(C)C)CO3)nc(C3=NC(C(C)C)CO3)c2)cc1. The van der Waals surface area contributed by atoms with Gasteiger partial charge in [0.15, 0.2) is 0 Å². The molecule has 2 aromatic rings. The number of hydrogen-bond donors (Lipinski definition) is 0. The third kappa shape index (κ3) is 5.88. The maximum Gasteiger partial charge on any atom is 0.235 e. The Kier molecular flexibility index (Phi) is 7.27. The number of benzene rings is 1. The van der Waals surface area contributed by atoms with Gasteiger partial charge in [-0.05, 0) is 36.1 Å². The zero-order valence-corrected chi connectivity index (χ0v) is 21.1. The van der Waals surface area contributed by atoms with Crippen molar-refractivity contribution in [3.8, 4) is 11.5 Å². The molecule has 6 nitrogen and oxygen atoms in total. The second kappa shape index (κ2) is 10.2. The summed E-state index contributed by atoms with van der Waals surface area (Å²) in [6.07, 6.45) is 0. The smallest absolute Gasteiger partial charge is 0.235 e. The third-order valence-electron chi connectivity index (χ3n) is 5.56. The largest absolute Gasteiger partial charge is 0.474 e. The van der Waals surface area contributed by atoms with Crippen LogP contribution in [0.25, 0.3) is 0 Å². The predicted octanol–water partition coefficient (Wildman–Crippen LogP) is 5.98. The Morgan fingerprint density at radius 1 is 0.788 bits per heavy atom. The topological polar surface area (TPSA) is 65.3 Å². The minimum absolute atomic E-state index is 0.131. The van der Waals surface area contributed by atoms with E-state index < -0.39 is 0 Å². The maximum absolute atomic E-state index is 6.22.